The van der Waals surface area contributed by atoms with Gasteiger partial charge in [0.25, 0.3) is 10.0 Å². The van der Waals surface area contributed by atoms with Crippen LogP contribution in [-0.4, -0.2) is 13.0 Å². The quantitative estimate of drug-likeness (QED) is 0.751. The molecule has 0 aliphatic heterocycles. The third-order valence-electron chi connectivity index (χ3n) is 5.18. The first-order valence-electron chi connectivity index (χ1n) is 8.37. The summed E-state index contributed by atoms with van der Waals surface area (Å²) in [6.45, 7) is 0. The van der Waals surface area contributed by atoms with Gasteiger partial charge in [-0.1, -0.05) is 41.7 Å². The van der Waals surface area contributed by atoms with Crippen LogP contribution in [0.2, 0.25) is 0 Å². The first-order chi connectivity index (χ1) is 12.4. The minimum absolute atomic E-state index is 0.0272. The molecular formula is C19H16N2O3S2. The van der Waals surface area contributed by atoms with Crippen LogP contribution in [-0.2, 0) is 17.1 Å². The van der Waals surface area contributed by atoms with Gasteiger partial charge in [-0.15, -0.1) is 0 Å². The van der Waals surface area contributed by atoms with Crippen molar-refractivity contribution in [3.05, 3.63) is 67.6 Å². The SMILES string of the molecule is Cn1c2c(sc1=O)C=C(S(=O)(=O)Nc1ccc3ccccc3c1)C1CC21. The summed E-state index contributed by atoms with van der Waals surface area (Å²) in [4.78, 5) is 13.1. The minimum atomic E-state index is -3.65. The summed E-state index contributed by atoms with van der Waals surface area (Å²) in [5, 5.41) is 2.05. The molecule has 1 heterocycles. The number of nitrogens with one attached hydrogen (secondary N) is 1. The fraction of sp³-hybridized carbons (Fsp3) is 0.211. The Bertz CT molecular complexity index is 1250. The second kappa shape index (κ2) is 5.31. The number of thiazole rings is 1. The van der Waals surface area contributed by atoms with Crippen molar-refractivity contribution < 1.29 is 8.42 Å². The van der Waals surface area contributed by atoms with Crippen LogP contribution in [0.25, 0.3) is 16.8 Å². The molecule has 0 radical (unpaired) electrons. The van der Waals surface area contributed by atoms with Crippen molar-refractivity contribution in [2.45, 2.75) is 12.3 Å². The van der Waals surface area contributed by atoms with Gasteiger partial charge < -0.3 is 4.57 Å². The molecule has 5 nitrogen and oxygen atoms in total. The van der Waals surface area contributed by atoms with Gasteiger partial charge >= 0.3 is 4.87 Å². The average Bonchev–Trinajstić information content (AvgIpc) is 3.34. The number of hydrogen-bond acceptors (Lipinski definition) is 4. The molecule has 2 aliphatic rings. The normalized spacial score (nSPS) is 21.0. The van der Waals surface area contributed by atoms with E-state index in [9.17, 15) is 13.2 Å². The third kappa shape index (κ3) is 2.34. The molecule has 2 aromatic carbocycles. The van der Waals surface area contributed by atoms with Crippen LogP contribution in [0.3, 0.4) is 0 Å². The molecule has 0 bridgehead atoms. The van der Waals surface area contributed by atoms with E-state index in [1.165, 1.54) is 0 Å². The highest BCUT2D eigenvalue weighted by atomic mass is 32.2. The zero-order chi connectivity index (χ0) is 18.1. The molecule has 1 saturated carbocycles. The predicted molar refractivity (Wildman–Crippen MR) is 105 cm³/mol. The number of sulfonamides is 1. The molecular weight excluding hydrogens is 368 g/mol. The van der Waals surface area contributed by atoms with Gasteiger partial charge in [-0.2, -0.15) is 0 Å². The number of benzene rings is 2. The molecule has 1 aromatic heterocycles. The molecule has 2 aliphatic carbocycles. The molecule has 1 N–H and O–H groups in total. The number of nitrogens with zero attached hydrogens (tertiary/aromatic N) is 1. The number of hydrogen-bond donors (Lipinski definition) is 1. The van der Waals surface area contributed by atoms with Crippen molar-refractivity contribution in [3.63, 3.8) is 0 Å². The van der Waals surface area contributed by atoms with E-state index < -0.39 is 10.0 Å². The fourth-order valence-electron chi connectivity index (χ4n) is 3.80. The predicted octanol–water partition coefficient (Wildman–Crippen LogP) is 3.50. The smallest absolute Gasteiger partial charge is 0.305 e. The minimum Gasteiger partial charge on any atom is -0.305 e. The Morgan fingerprint density at radius 2 is 1.88 bits per heavy atom. The lowest BCUT2D eigenvalue weighted by molar-refractivity contribution is 0.604. The Labute approximate surface area is 154 Å². The Morgan fingerprint density at radius 1 is 1.12 bits per heavy atom. The van der Waals surface area contributed by atoms with E-state index >= 15 is 0 Å². The zero-order valence-corrected chi connectivity index (χ0v) is 15.6. The molecule has 7 heteroatoms. The Morgan fingerprint density at radius 3 is 2.69 bits per heavy atom. The van der Waals surface area contributed by atoms with Crippen molar-refractivity contribution in [2.75, 3.05) is 4.72 Å². The van der Waals surface area contributed by atoms with Crippen molar-refractivity contribution in [1.29, 1.82) is 0 Å². The van der Waals surface area contributed by atoms with Gasteiger partial charge in [0, 0.05) is 30.3 Å². The second-order valence-electron chi connectivity index (χ2n) is 6.84. The van der Waals surface area contributed by atoms with Crippen molar-refractivity contribution in [1.82, 2.24) is 4.57 Å². The van der Waals surface area contributed by atoms with E-state index in [-0.39, 0.29) is 16.7 Å². The molecule has 0 amide bonds. The summed E-state index contributed by atoms with van der Waals surface area (Å²) in [5.41, 5.74) is 1.53. The van der Waals surface area contributed by atoms with Crippen molar-refractivity contribution >= 4 is 43.9 Å². The summed E-state index contributed by atoms with van der Waals surface area (Å²) in [6.07, 6.45) is 2.46. The molecule has 3 aromatic rings. The van der Waals surface area contributed by atoms with E-state index in [2.05, 4.69) is 4.72 Å². The molecule has 2 unspecified atom stereocenters. The zero-order valence-electron chi connectivity index (χ0n) is 14.0. The summed E-state index contributed by atoms with van der Waals surface area (Å²) in [7, 11) is -1.89. The molecule has 2 atom stereocenters. The summed E-state index contributed by atoms with van der Waals surface area (Å²) in [5.74, 6) is 0.114. The highest BCUT2D eigenvalue weighted by Gasteiger charge is 2.50. The number of fused-ring (bicyclic) bond motifs is 4. The maximum Gasteiger partial charge on any atom is 0.307 e. The molecule has 132 valence electrons. The number of anilines is 1. The molecule has 26 heavy (non-hydrogen) atoms. The lowest BCUT2D eigenvalue weighted by atomic mass is 10.1. The van der Waals surface area contributed by atoms with Crippen LogP contribution in [0.5, 0.6) is 0 Å². The monoisotopic (exact) mass is 384 g/mol. The average molecular weight is 384 g/mol. The van der Waals surface area contributed by atoms with E-state index in [4.69, 9.17) is 0 Å². The summed E-state index contributed by atoms with van der Waals surface area (Å²) >= 11 is 1.11. The third-order valence-corrected chi connectivity index (χ3v) is 7.72. The number of aromatic nitrogens is 1. The lowest BCUT2D eigenvalue weighted by Gasteiger charge is -2.16. The van der Waals surface area contributed by atoms with Crippen LogP contribution < -0.4 is 9.60 Å². The Hall–Kier alpha value is -2.38. The van der Waals surface area contributed by atoms with Gasteiger partial charge in [-0.3, -0.25) is 9.52 Å². The van der Waals surface area contributed by atoms with Gasteiger partial charge in [0.1, 0.15) is 0 Å². The largest absolute Gasteiger partial charge is 0.307 e. The molecule has 0 spiro atoms. The Kier molecular flexibility index (Phi) is 3.24. The van der Waals surface area contributed by atoms with Crippen LogP contribution in [0.1, 0.15) is 22.9 Å². The van der Waals surface area contributed by atoms with E-state index in [1.54, 1.807) is 23.8 Å². The first kappa shape index (κ1) is 15.8. The van der Waals surface area contributed by atoms with Gasteiger partial charge in [0.05, 0.1) is 9.78 Å². The second-order valence-corrected chi connectivity index (χ2v) is 9.51. The highest BCUT2D eigenvalue weighted by Crippen LogP contribution is 2.57. The van der Waals surface area contributed by atoms with Crippen molar-refractivity contribution in [2.24, 2.45) is 13.0 Å². The topological polar surface area (TPSA) is 68.2 Å². The fourth-order valence-corrected chi connectivity index (χ4v) is 6.37. The standard InChI is InChI=1S/C19H16N2O3S2/c1-21-18-15-9-14(15)17(10-16(18)25-19(21)22)26(23,24)20-13-7-6-11-4-2-3-5-12(11)8-13/h2-8,10,14-15,20H,9H2,1H3. The first-order valence-corrected chi connectivity index (χ1v) is 10.7. The van der Waals surface area contributed by atoms with Crippen LogP contribution in [0.15, 0.2) is 52.2 Å². The lowest BCUT2D eigenvalue weighted by Crippen LogP contribution is -2.19. The number of rotatable bonds is 3. The van der Waals surface area contributed by atoms with Crippen LogP contribution >= 0.6 is 11.3 Å². The summed E-state index contributed by atoms with van der Waals surface area (Å²) in [6, 6.07) is 13.4. The van der Waals surface area contributed by atoms with E-state index in [0.29, 0.717) is 10.6 Å². The maximum atomic E-state index is 13.0. The van der Waals surface area contributed by atoms with Gasteiger partial charge in [0.2, 0.25) is 0 Å². The van der Waals surface area contributed by atoms with Crippen LogP contribution in [0.4, 0.5) is 5.69 Å². The van der Waals surface area contributed by atoms with E-state index in [1.807, 2.05) is 36.4 Å². The van der Waals surface area contributed by atoms with Gasteiger partial charge in [0.15, 0.2) is 0 Å². The molecule has 5 rings (SSSR count). The van der Waals surface area contributed by atoms with E-state index in [0.717, 1.165) is 39.1 Å². The van der Waals surface area contributed by atoms with Crippen LogP contribution in [0, 0.1) is 5.92 Å². The summed E-state index contributed by atoms with van der Waals surface area (Å²) < 4.78 is 30.3. The van der Waals surface area contributed by atoms with Gasteiger partial charge in [-0.05, 0) is 35.4 Å². The molecule has 1 fully saturated rings. The van der Waals surface area contributed by atoms with Crippen molar-refractivity contribution in [3.8, 4) is 0 Å². The maximum absolute atomic E-state index is 13.0. The Balaban J connectivity index is 1.54. The number of allylic oxidation sites excluding steroid dienone is 1. The van der Waals surface area contributed by atoms with Gasteiger partial charge in [-0.25, -0.2) is 8.42 Å². The molecule has 0 saturated heterocycles. The highest BCUT2D eigenvalue weighted by molar-refractivity contribution is 7.96.